The number of nitrogens with one attached hydrogen (secondary N) is 1. The van der Waals surface area contributed by atoms with Crippen molar-refractivity contribution < 1.29 is 9.53 Å². The predicted octanol–water partition coefficient (Wildman–Crippen LogP) is 1.52. The zero-order valence-electron chi connectivity index (χ0n) is 8.52. The van der Waals surface area contributed by atoms with Gasteiger partial charge in [0.05, 0.1) is 11.5 Å². The largest absolute Gasteiger partial charge is 0.458 e. The SMILES string of the molecule is CC(C)OC(=O)c1[nH]nc2ncccc12. The summed E-state index contributed by atoms with van der Waals surface area (Å²) < 4.78 is 5.06. The van der Waals surface area contributed by atoms with Gasteiger partial charge in [-0.05, 0) is 26.0 Å². The summed E-state index contributed by atoms with van der Waals surface area (Å²) in [6.45, 7) is 3.60. The standard InChI is InChI=1S/C10H11N3O2/c1-6(2)15-10(14)8-7-4-3-5-11-9(7)13-12-8/h3-6H,1-2H3,(H,11,12,13). The smallest absolute Gasteiger partial charge is 0.357 e. The average Bonchev–Trinajstić information content (AvgIpc) is 2.59. The van der Waals surface area contributed by atoms with Crippen LogP contribution >= 0.6 is 0 Å². The second kappa shape index (κ2) is 3.68. The summed E-state index contributed by atoms with van der Waals surface area (Å²) in [4.78, 5) is 15.6. The second-order valence-corrected chi connectivity index (χ2v) is 3.43. The van der Waals surface area contributed by atoms with Crippen molar-refractivity contribution in [1.29, 1.82) is 0 Å². The van der Waals surface area contributed by atoms with Crippen LogP contribution in [0.25, 0.3) is 11.0 Å². The van der Waals surface area contributed by atoms with E-state index >= 15 is 0 Å². The number of nitrogens with zero attached hydrogens (tertiary/aromatic N) is 2. The maximum atomic E-state index is 11.6. The van der Waals surface area contributed by atoms with Gasteiger partial charge in [-0.3, -0.25) is 5.10 Å². The number of hydrogen-bond acceptors (Lipinski definition) is 4. The summed E-state index contributed by atoms with van der Waals surface area (Å²) in [5, 5.41) is 7.23. The van der Waals surface area contributed by atoms with Gasteiger partial charge in [-0.25, -0.2) is 9.78 Å². The van der Waals surface area contributed by atoms with Crippen LogP contribution in [0, 0.1) is 0 Å². The van der Waals surface area contributed by atoms with Crippen LogP contribution < -0.4 is 0 Å². The highest BCUT2D eigenvalue weighted by Crippen LogP contribution is 2.14. The minimum Gasteiger partial charge on any atom is -0.458 e. The zero-order chi connectivity index (χ0) is 10.8. The van der Waals surface area contributed by atoms with Crippen LogP contribution in [-0.2, 0) is 4.74 Å². The molecular formula is C10H11N3O2. The Bertz CT molecular complexity index is 490. The van der Waals surface area contributed by atoms with Gasteiger partial charge in [0.15, 0.2) is 11.3 Å². The highest BCUT2D eigenvalue weighted by Gasteiger charge is 2.15. The van der Waals surface area contributed by atoms with E-state index in [2.05, 4.69) is 15.2 Å². The van der Waals surface area contributed by atoms with E-state index in [9.17, 15) is 4.79 Å². The Morgan fingerprint density at radius 2 is 2.33 bits per heavy atom. The van der Waals surface area contributed by atoms with Gasteiger partial charge in [-0.2, -0.15) is 5.10 Å². The second-order valence-electron chi connectivity index (χ2n) is 3.43. The number of fused-ring (bicyclic) bond motifs is 1. The van der Waals surface area contributed by atoms with Crippen molar-refractivity contribution in [3.63, 3.8) is 0 Å². The first kappa shape index (κ1) is 9.64. The molecule has 5 nitrogen and oxygen atoms in total. The van der Waals surface area contributed by atoms with Gasteiger partial charge >= 0.3 is 5.97 Å². The van der Waals surface area contributed by atoms with Crippen LogP contribution in [0.3, 0.4) is 0 Å². The van der Waals surface area contributed by atoms with Gasteiger partial charge < -0.3 is 4.74 Å². The van der Waals surface area contributed by atoms with Crippen LogP contribution in [0.1, 0.15) is 24.3 Å². The average molecular weight is 205 g/mol. The Balaban J connectivity index is 2.40. The van der Waals surface area contributed by atoms with Gasteiger partial charge in [-0.1, -0.05) is 0 Å². The molecular weight excluding hydrogens is 194 g/mol. The molecule has 1 N–H and O–H groups in total. The first-order valence-corrected chi connectivity index (χ1v) is 4.68. The Morgan fingerprint density at radius 1 is 1.53 bits per heavy atom. The molecule has 0 bridgehead atoms. The molecule has 0 aliphatic carbocycles. The number of ether oxygens (including phenoxy) is 1. The Labute approximate surface area is 86.5 Å². The molecule has 2 aromatic heterocycles. The summed E-state index contributed by atoms with van der Waals surface area (Å²) in [6.07, 6.45) is 1.48. The van der Waals surface area contributed by atoms with Crippen molar-refractivity contribution >= 4 is 17.0 Å². The molecule has 2 aromatic rings. The molecule has 0 unspecified atom stereocenters. The third-order valence-electron chi connectivity index (χ3n) is 1.88. The number of hydrogen-bond donors (Lipinski definition) is 1. The lowest BCUT2D eigenvalue weighted by Crippen LogP contribution is -2.12. The minimum atomic E-state index is -0.402. The molecule has 15 heavy (non-hydrogen) atoms. The normalized spacial score (nSPS) is 10.9. The molecule has 2 rings (SSSR count). The lowest BCUT2D eigenvalue weighted by Gasteiger charge is -2.05. The molecule has 0 fully saturated rings. The van der Waals surface area contributed by atoms with E-state index in [1.165, 1.54) is 0 Å². The van der Waals surface area contributed by atoms with E-state index in [0.717, 1.165) is 0 Å². The number of H-pyrrole nitrogens is 1. The Morgan fingerprint density at radius 3 is 3.07 bits per heavy atom. The van der Waals surface area contributed by atoms with E-state index in [-0.39, 0.29) is 6.10 Å². The number of esters is 1. The quantitative estimate of drug-likeness (QED) is 0.755. The molecule has 2 heterocycles. The van der Waals surface area contributed by atoms with E-state index in [1.54, 1.807) is 32.2 Å². The van der Waals surface area contributed by atoms with Gasteiger partial charge in [-0.15, -0.1) is 0 Å². The molecule has 0 saturated heterocycles. The highest BCUT2D eigenvalue weighted by atomic mass is 16.5. The third kappa shape index (κ3) is 1.81. The molecule has 0 radical (unpaired) electrons. The summed E-state index contributed by atoms with van der Waals surface area (Å²) in [5.41, 5.74) is 0.875. The van der Waals surface area contributed by atoms with Crippen LogP contribution in [0.5, 0.6) is 0 Å². The molecule has 78 valence electrons. The van der Waals surface area contributed by atoms with E-state index in [4.69, 9.17) is 4.74 Å². The first-order chi connectivity index (χ1) is 7.18. The van der Waals surface area contributed by atoms with Crippen molar-refractivity contribution in [2.24, 2.45) is 0 Å². The fourth-order valence-corrected chi connectivity index (χ4v) is 1.28. The minimum absolute atomic E-state index is 0.146. The summed E-state index contributed by atoms with van der Waals surface area (Å²) in [5.74, 6) is -0.402. The maximum Gasteiger partial charge on any atom is 0.357 e. The number of aromatic amines is 1. The lowest BCUT2D eigenvalue weighted by atomic mass is 10.2. The van der Waals surface area contributed by atoms with Crippen LogP contribution in [0.15, 0.2) is 18.3 Å². The van der Waals surface area contributed by atoms with Crippen molar-refractivity contribution in [3.05, 3.63) is 24.0 Å². The van der Waals surface area contributed by atoms with Gasteiger partial charge in [0.2, 0.25) is 0 Å². The van der Waals surface area contributed by atoms with Crippen molar-refractivity contribution in [2.75, 3.05) is 0 Å². The maximum absolute atomic E-state index is 11.6. The molecule has 5 heteroatoms. The van der Waals surface area contributed by atoms with Crippen LogP contribution in [0.4, 0.5) is 0 Å². The number of rotatable bonds is 2. The Kier molecular flexibility index (Phi) is 2.37. The number of pyridine rings is 1. The molecule has 0 aliphatic heterocycles. The highest BCUT2D eigenvalue weighted by molar-refractivity contribution is 6.00. The molecule has 0 atom stereocenters. The molecule has 0 spiro atoms. The molecule has 0 aromatic carbocycles. The van der Waals surface area contributed by atoms with E-state index < -0.39 is 5.97 Å². The molecule has 0 amide bonds. The fraction of sp³-hybridized carbons (Fsp3) is 0.300. The number of carbonyl (C=O) groups excluding carboxylic acids is 1. The summed E-state index contributed by atoms with van der Waals surface area (Å²) in [6, 6.07) is 3.53. The van der Waals surface area contributed by atoms with Gasteiger partial charge in [0.1, 0.15) is 0 Å². The third-order valence-corrected chi connectivity index (χ3v) is 1.88. The lowest BCUT2D eigenvalue weighted by molar-refractivity contribution is 0.0373. The fourth-order valence-electron chi connectivity index (χ4n) is 1.28. The van der Waals surface area contributed by atoms with Gasteiger partial charge in [0, 0.05) is 6.20 Å². The topological polar surface area (TPSA) is 67.9 Å². The predicted molar refractivity (Wildman–Crippen MR) is 54.4 cm³/mol. The van der Waals surface area contributed by atoms with E-state index in [0.29, 0.717) is 16.7 Å². The summed E-state index contributed by atoms with van der Waals surface area (Å²) in [7, 11) is 0. The summed E-state index contributed by atoms with van der Waals surface area (Å²) >= 11 is 0. The monoisotopic (exact) mass is 205 g/mol. The molecule has 0 aliphatic rings. The van der Waals surface area contributed by atoms with E-state index in [1.807, 2.05) is 0 Å². The van der Waals surface area contributed by atoms with Gasteiger partial charge in [0.25, 0.3) is 0 Å². The van der Waals surface area contributed by atoms with Crippen LogP contribution in [0.2, 0.25) is 0 Å². The van der Waals surface area contributed by atoms with Crippen LogP contribution in [-0.4, -0.2) is 27.3 Å². The zero-order valence-corrected chi connectivity index (χ0v) is 8.52. The first-order valence-electron chi connectivity index (χ1n) is 4.68. The van der Waals surface area contributed by atoms with Crippen molar-refractivity contribution in [1.82, 2.24) is 15.2 Å². The van der Waals surface area contributed by atoms with Crippen molar-refractivity contribution in [2.45, 2.75) is 20.0 Å². The number of carbonyl (C=O) groups is 1. The Hall–Kier alpha value is -1.91. The van der Waals surface area contributed by atoms with Crippen molar-refractivity contribution in [3.8, 4) is 0 Å². The number of aromatic nitrogens is 3. The molecule has 0 saturated carbocycles.